The van der Waals surface area contributed by atoms with Crippen molar-refractivity contribution < 1.29 is 4.79 Å². The monoisotopic (exact) mass is 331 g/mol. The quantitative estimate of drug-likeness (QED) is 0.868. The van der Waals surface area contributed by atoms with Crippen LogP contribution in [0.4, 0.5) is 5.69 Å². The number of amides is 1. The van der Waals surface area contributed by atoms with Crippen LogP contribution < -0.4 is 5.32 Å². The lowest BCUT2D eigenvalue weighted by Gasteiger charge is -2.09. The van der Waals surface area contributed by atoms with Crippen molar-refractivity contribution in [2.45, 2.75) is 26.7 Å². The van der Waals surface area contributed by atoms with Crippen molar-refractivity contribution in [2.24, 2.45) is 0 Å². The van der Waals surface area contributed by atoms with Gasteiger partial charge in [-0.1, -0.05) is 30.3 Å². The Morgan fingerprint density at radius 3 is 2.60 bits per heavy atom. The Bertz CT molecular complexity index is 622. The van der Waals surface area contributed by atoms with E-state index in [0.717, 1.165) is 22.1 Å². The standard InChI is InChI=1S/C17H18BrNO/c1-12-7-9-16(15(18)11-12)19-17(20)10-8-14-6-4-3-5-13(14)2/h3-7,9,11H,8,10H2,1-2H3,(H,19,20). The number of hydrogen-bond acceptors (Lipinski definition) is 1. The summed E-state index contributed by atoms with van der Waals surface area (Å²) in [7, 11) is 0. The highest BCUT2D eigenvalue weighted by Crippen LogP contribution is 2.23. The van der Waals surface area contributed by atoms with Crippen LogP contribution in [0, 0.1) is 13.8 Å². The van der Waals surface area contributed by atoms with Crippen LogP contribution in [0.1, 0.15) is 23.1 Å². The molecule has 2 aromatic carbocycles. The van der Waals surface area contributed by atoms with Crippen molar-refractivity contribution in [1.29, 1.82) is 0 Å². The first kappa shape index (κ1) is 14.8. The van der Waals surface area contributed by atoms with E-state index >= 15 is 0 Å². The van der Waals surface area contributed by atoms with Crippen LogP contribution in [-0.4, -0.2) is 5.91 Å². The zero-order valence-corrected chi connectivity index (χ0v) is 13.3. The van der Waals surface area contributed by atoms with Gasteiger partial charge < -0.3 is 5.32 Å². The lowest BCUT2D eigenvalue weighted by atomic mass is 10.0. The lowest BCUT2D eigenvalue weighted by molar-refractivity contribution is -0.116. The smallest absolute Gasteiger partial charge is 0.224 e. The Kier molecular flexibility index (Phi) is 4.96. The van der Waals surface area contributed by atoms with Gasteiger partial charge in [-0.2, -0.15) is 0 Å². The van der Waals surface area contributed by atoms with Crippen molar-refractivity contribution in [3.63, 3.8) is 0 Å². The predicted molar refractivity (Wildman–Crippen MR) is 87.0 cm³/mol. The van der Waals surface area contributed by atoms with E-state index in [4.69, 9.17) is 0 Å². The fourth-order valence-corrected chi connectivity index (χ4v) is 2.67. The second-order valence-corrected chi connectivity index (χ2v) is 5.81. The van der Waals surface area contributed by atoms with E-state index in [-0.39, 0.29) is 5.91 Å². The van der Waals surface area contributed by atoms with E-state index in [9.17, 15) is 4.79 Å². The molecule has 0 atom stereocenters. The summed E-state index contributed by atoms with van der Waals surface area (Å²) in [5.74, 6) is 0.0396. The summed E-state index contributed by atoms with van der Waals surface area (Å²) >= 11 is 3.47. The molecule has 0 aliphatic heterocycles. The molecule has 0 heterocycles. The maximum atomic E-state index is 12.0. The first-order valence-corrected chi connectivity index (χ1v) is 7.46. The molecule has 0 saturated heterocycles. The normalized spacial score (nSPS) is 10.3. The molecule has 0 saturated carbocycles. The van der Waals surface area contributed by atoms with Crippen molar-refractivity contribution in [3.8, 4) is 0 Å². The zero-order valence-electron chi connectivity index (χ0n) is 11.7. The average Bonchev–Trinajstić information content (AvgIpc) is 2.41. The summed E-state index contributed by atoms with van der Waals surface area (Å²) < 4.78 is 0.918. The van der Waals surface area contributed by atoms with E-state index in [1.54, 1.807) is 0 Å². The van der Waals surface area contributed by atoms with Crippen LogP contribution in [0.3, 0.4) is 0 Å². The third-order valence-corrected chi connectivity index (χ3v) is 3.94. The molecule has 2 nitrogen and oxygen atoms in total. The Hall–Kier alpha value is -1.61. The van der Waals surface area contributed by atoms with Crippen LogP contribution in [0.25, 0.3) is 0 Å². The number of benzene rings is 2. The molecule has 0 spiro atoms. The number of anilines is 1. The lowest BCUT2D eigenvalue weighted by Crippen LogP contribution is -2.13. The number of rotatable bonds is 4. The van der Waals surface area contributed by atoms with E-state index in [2.05, 4.69) is 40.3 Å². The maximum Gasteiger partial charge on any atom is 0.224 e. The molecule has 1 amide bonds. The maximum absolute atomic E-state index is 12.0. The molecule has 104 valence electrons. The first-order valence-electron chi connectivity index (χ1n) is 6.67. The van der Waals surface area contributed by atoms with Gasteiger partial charge in [0.2, 0.25) is 5.91 Å². The van der Waals surface area contributed by atoms with E-state index in [1.165, 1.54) is 11.1 Å². The van der Waals surface area contributed by atoms with Crippen LogP contribution in [-0.2, 0) is 11.2 Å². The average molecular weight is 332 g/mol. The van der Waals surface area contributed by atoms with Crippen molar-refractivity contribution in [2.75, 3.05) is 5.32 Å². The minimum Gasteiger partial charge on any atom is -0.325 e. The van der Waals surface area contributed by atoms with Gasteiger partial charge in [-0.15, -0.1) is 0 Å². The molecule has 2 aromatic rings. The Labute approximate surface area is 128 Å². The highest BCUT2D eigenvalue weighted by atomic mass is 79.9. The second kappa shape index (κ2) is 6.71. The number of halogens is 1. The van der Waals surface area contributed by atoms with Crippen molar-refractivity contribution in [1.82, 2.24) is 0 Å². The molecule has 0 aliphatic rings. The van der Waals surface area contributed by atoms with Crippen LogP contribution >= 0.6 is 15.9 Å². The summed E-state index contributed by atoms with van der Waals surface area (Å²) in [5.41, 5.74) is 4.45. The molecule has 0 bridgehead atoms. The van der Waals surface area contributed by atoms with Gasteiger partial charge in [-0.3, -0.25) is 4.79 Å². The minimum atomic E-state index is 0.0396. The van der Waals surface area contributed by atoms with Crippen molar-refractivity contribution in [3.05, 3.63) is 63.6 Å². The highest BCUT2D eigenvalue weighted by molar-refractivity contribution is 9.10. The zero-order chi connectivity index (χ0) is 14.5. The molecule has 1 N–H and O–H groups in total. The van der Waals surface area contributed by atoms with Gasteiger partial charge in [0.1, 0.15) is 0 Å². The van der Waals surface area contributed by atoms with Gasteiger partial charge in [-0.25, -0.2) is 0 Å². The molecule has 3 heteroatoms. The number of aryl methyl sites for hydroxylation is 3. The van der Waals surface area contributed by atoms with Crippen molar-refractivity contribution >= 4 is 27.5 Å². The van der Waals surface area contributed by atoms with Gasteiger partial charge in [0.15, 0.2) is 0 Å². The summed E-state index contributed by atoms with van der Waals surface area (Å²) in [5, 5.41) is 2.94. The number of carbonyl (C=O) groups excluding carboxylic acids is 1. The fraction of sp³-hybridized carbons (Fsp3) is 0.235. The highest BCUT2D eigenvalue weighted by Gasteiger charge is 2.07. The summed E-state index contributed by atoms with van der Waals surface area (Å²) in [4.78, 5) is 12.0. The molecular weight excluding hydrogens is 314 g/mol. The number of hydrogen-bond donors (Lipinski definition) is 1. The largest absolute Gasteiger partial charge is 0.325 e. The SMILES string of the molecule is Cc1ccc(NC(=O)CCc2ccccc2C)c(Br)c1. The third kappa shape index (κ3) is 3.94. The summed E-state index contributed by atoms with van der Waals surface area (Å²) in [6.07, 6.45) is 1.26. The van der Waals surface area contributed by atoms with E-state index in [0.29, 0.717) is 6.42 Å². The van der Waals surface area contributed by atoms with Gasteiger partial charge in [0.25, 0.3) is 0 Å². The van der Waals surface area contributed by atoms with Gasteiger partial charge in [0, 0.05) is 10.9 Å². The Morgan fingerprint density at radius 1 is 1.15 bits per heavy atom. The first-order chi connectivity index (χ1) is 9.56. The Morgan fingerprint density at radius 2 is 1.90 bits per heavy atom. The van der Waals surface area contributed by atoms with Crippen LogP contribution in [0.15, 0.2) is 46.9 Å². The van der Waals surface area contributed by atoms with E-state index < -0.39 is 0 Å². The molecule has 20 heavy (non-hydrogen) atoms. The molecule has 0 aliphatic carbocycles. The van der Waals surface area contributed by atoms with Crippen LogP contribution in [0.2, 0.25) is 0 Å². The second-order valence-electron chi connectivity index (χ2n) is 4.96. The summed E-state index contributed by atoms with van der Waals surface area (Å²) in [6.45, 7) is 4.10. The third-order valence-electron chi connectivity index (χ3n) is 3.28. The molecule has 0 aromatic heterocycles. The molecule has 0 unspecified atom stereocenters. The van der Waals surface area contributed by atoms with Gasteiger partial charge in [-0.05, 0) is 65.0 Å². The molecule has 0 fully saturated rings. The van der Waals surface area contributed by atoms with Gasteiger partial charge in [0.05, 0.1) is 5.69 Å². The van der Waals surface area contributed by atoms with Crippen LogP contribution in [0.5, 0.6) is 0 Å². The molecular formula is C17H18BrNO. The number of nitrogens with one attached hydrogen (secondary N) is 1. The Balaban J connectivity index is 1.94. The minimum absolute atomic E-state index is 0.0396. The summed E-state index contributed by atoms with van der Waals surface area (Å²) in [6, 6.07) is 14.1. The molecule has 0 radical (unpaired) electrons. The molecule has 2 rings (SSSR count). The predicted octanol–water partition coefficient (Wildman–Crippen LogP) is 4.64. The van der Waals surface area contributed by atoms with E-state index in [1.807, 2.05) is 37.3 Å². The topological polar surface area (TPSA) is 29.1 Å². The van der Waals surface area contributed by atoms with Gasteiger partial charge >= 0.3 is 0 Å². The fourth-order valence-electron chi connectivity index (χ4n) is 2.07. The number of carbonyl (C=O) groups is 1.